The molecule has 1 aromatic heterocycles. The molecule has 3 rings (SSSR count). The molecule has 8 heteroatoms. The van der Waals surface area contributed by atoms with Crippen molar-refractivity contribution >= 4 is 27.2 Å². The number of nitrogens with zero attached hydrogens (tertiary/aromatic N) is 1. The Morgan fingerprint density at radius 1 is 1.26 bits per heavy atom. The molecule has 1 aliphatic rings. The molecule has 1 fully saturated rings. The topological polar surface area (TPSA) is 97.4 Å². The first kappa shape index (κ1) is 19.2. The van der Waals surface area contributed by atoms with Gasteiger partial charge in [0.05, 0.1) is 23.3 Å². The van der Waals surface area contributed by atoms with Crippen LogP contribution in [0.15, 0.2) is 42.6 Å². The number of para-hydroxylation sites is 2. The number of ether oxygens (including phenoxy) is 1. The van der Waals surface area contributed by atoms with E-state index in [0.717, 1.165) is 5.69 Å². The molecule has 1 unspecified atom stereocenters. The van der Waals surface area contributed by atoms with Gasteiger partial charge >= 0.3 is 0 Å². The Morgan fingerprint density at radius 3 is 2.74 bits per heavy atom. The Labute approximate surface area is 159 Å². The third-order valence-electron chi connectivity index (χ3n) is 4.10. The summed E-state index contributed by atoms with van der Waals surface area (Å²) in [4.78, 5) is 16.7. The van der Waals surface area contributed by atoms with Gasteiger partial charge in [0.25, 0.3) is 5.91 Å². The lowest BCUT2D eigenvalue weighted by molar-refractivity contribution is 0.0941. The fourth-order valence-electron chi connectivity index (χ4n) is 2.88. The lowest BCUT2D eigenvalue weighted by Gasteiger charge is -2.15. The van der Waals surface area contributed by atoms with Crippen LogP contribution in [0.2, 0.25) is 0 Å². The summed E-state index contributed by atoms with van der Waals surface area (Å²) in [6.07, 6.45) is 2.01. The maximum Gasteiger partial charge on any atom is 0.251 e. The average molecular weight is 389 g/mol. The largest absolute Gasteiger partial charge is 0.489 e. The molecule has 0 saturated carbocycles. The Bertz CT molecular complexity index is 928. The van der Waals surface area contributed by atoms with Crippen LogP contribution in [0.25, 0.3) is 0 Å². The number of carbonyl (C=O) groups is 1. The molecule has 1 atom stereocenters. The number of sulfone groups is 1. The minimum atomic E-state index is -3.04. The summed E-state index contributed by atoms with van der Waals surface area (Å²) < 4.78 is 28.9. The highest BCUT2D eigenvalue weighted by Crippen LogP contribution is 2.27. The van der Waals surface area contributed by atoms with E-state index in [1.54, 1.807) is 12.1 Å². The molecule has 0 spiro atoms. The standard InChI is InChI=1S/C19H23N3O4S/c1-13(2)26-17-6-4-3-5-16(17)22-18-11-14(7-9-20-18)19(23)21-15-8-10-27(24,25)12-15/h3-7,9,11,13,15H,8,10,12H2,1-2H3,(H,20,22)(H,21,23). The number of anilines is 2. The SMILES string of the molecule is CC(C)Oc1ccccc1Nc1cc(C(=O)NC2CCS(=O)(=O)C2)ccn1. The second-order valence-corrected chi connectivity index (χ2v) is 9.02. The van der Waals surface area contributed by atoms with E-state index in [1.807, 2.05) is 38.1 Å². The summed E-state index contributed by atoms with van der Waals surface area (Å²) in [5.41, 5.74) is 1.16. The second kappa shape index (κ2) is 7.96. The number of hydrogen-bond donors (Lipinski definition) is 2. The van der Waals surface area contributed by atoms with E-state index in [-0.39, 0.29) is 29.6 Å². The van der Waals surface area contributed by atoms with Crippen LogP contribution in [0.3, 0.4) is 0 Å². The van der Waals surface area contributed by atoms with Gasteiger partial charge in [-0.25, -0.2) is 13.4 Å². The van der Waals surface area contributed by atoms with Crippen LogP contribution in [0.4, 0.5) is 11.5 Å². The van der Waals surface area contributed by atoms with E-state index in [1.165, 1.54) is 6.20 Å². The van der Waals surface area contributed by atoms with Crippen LogP contribution in [0, 0.1) is 0 Å². The Balaban J connectivity index is 1.72. The Hall–Kier alpha value is -2.61. The average Bonchev–Trinajstić information content (AvgIpc) is 2.95. The van der Waals surface area contributed by atoms with Crippen LogP contribution in [-0.4, -0.2) is 43.0 Å². The predicted molar refractivity (Wildman–Crippen MR) is 104 cm³/mol. The van der Waals surface area contributed by atoms with Gasteiger partial charge in [-0.15, -0.1) is 0 Å². The number of hydrogen-bond acceptors (Lipinski definition) is 6. The molecular weight excluding hydrogens is 366 g/mol. The monoisotopic (exact) mass is 389 g/mol. The molecule has 27 heavy (non-hydrogen) atoms. The number of amides is 1. The molecule has 1 aromatic carbocycles. The van der Waals surface area contributed by atoms with E-state index in [9.17, 15) is 13.2 Å². The van der Waals surface area contributed by atoms with Gasteiger partial charge in [-0.2, -0.15) is 0 Å². The molecule has 0 radical (unpaired) electrons. The molecule has 1 saturated heterocycles. The lowest BCUT2D eigenvalue weighted by atomic mass is 10.2. The number of nitrogens with one attached hydrogen (secondary N) is 2. The number of carbonyl (C=O) groups excluding carboxylic acids is 1. The smallest absolute Gasteiger partial charge is 0.251 e. The van der Waals surface area contributed by atoms with E-state index in [0.29, 0.717) is 23.6 Å². The van der Waals surface area contributed by atoms with Gasteiger partial charge in [0.2, 0.25) is 0 Å². The first-order valence-electron chi connectivity index (χ1n) is 8.82. The first-order valence-corrected chi connectivity index (χ1v) is 10.6. The summed E-state index contributed by atoms with van der Waals surface area (Å²) in [6.45, 7) is 3.90. The van der Waals surface area contributed by atoms with Crippen molar-refractivity contribution in [1.29, 1.82) is 0 Å². The van der Waals surface area contributed by atoms with E-state index >= 15 is 0 Å². The highest BCUT2D eigenvalue weighted by Gasteiger charge is 2.29. The maximum absolute atomic E-state index is 12.4. The summed E-state index contributed by atoms with van der Waals surface area (Å²) >= 11 is 0. The van der Waals surface area contributed by atoms with Crippen molar-refractivity contribution in [3.8, 4) is 5.75 Å². The number of pyridine rings is 1. The van der Waals surface area contributed by atoms with Gasteiger partial charge in [-0.1, -0.05) is 12.1 Å². The van der Waals surface area contributed by atoms with Gasteiger partial charge in [0, 0.05) is 17.8 Å². The van der Waals surface area contributed by atoms with E-state index < -0.39 is 9.84 Å². The number of benzene rings is 1. The van der Waals surface area contributed by atoms with E-state index in [4.69, 9.17) is 4.74 Å². The van der Waals surface area contributed by atoms with Crippen molar-refractivity contribution < 1.29 is 17.9 Å². The van der Waals surface area contributed by atoms with Gasteiger partial charge < -0.3 is 15.4 Å². The lowest BCUT2D eigenvalue weighted by Crippen LogP contribution is -2.35. The summed E-state index contributed by atoms with van der Waals surface area (Å²) in [7, 11) is -3.04. The van der Waals surface area contributed by atoms with Crippen LogP contribution in [0.1, 0.15) is 30.6 Å². The number of rotatable bonds is 6. The Kier molecular flexibility index (Phi) is 5.65. The highest BCUT2D eigenvalue weighted by molar-refractivity contribution is 7.91. The zero-order valence-corrected chi connectivity index (χ0v) is 16.1. The minimum absolute atomic E-state index is 0.00511. The van der Waals surface area contributed by atoms with E-state index in [2.05, 4.69) is 15.6 Å². The third kappa shape index (κ3) is 5.19. The third-order valence-corrected chi connectivity index (χ3v) is 5.87. The van der Waals surface area contributed by atoms with Crippen molar-refractivity contribution in [2.75, 3.05) is 16.8 Å². The van der Waals surface area contributed by atoms with Crippen molar-refractivity contribution in [3.63, 3.8) is 0 Å². The normalized spacial score (nSPS) is 18.3. The van der Waals surface area contributed by atoms with Crippen molar-refractivity contribution in [2.24, 2.45) is 0 Å². The Morgan fingerprint density at radius 2 is 2.04 bits per heavy atom. The fraction of sp³-hybridized carbons (Fsp3) is 0.368. The van der Waals surface area contributed by atoms with Crippen LogP contribution >= 0.6 is 0 Å². The molecule has 2 heterocycles. The zero-order valence-electron chi connectivity index (χ0n) is 15.3. The molecule has 1 amide bonds. The second-order valence-electron chi connectivity index (χ2n) is 6.79. The number of aromatic nitrogens is 1. The summed E-state index contributed by atoms with van der Waals surface area (Å²) in [5, 5.41) is 5.95. The van der Waals surface area contributed by atoms with Gasteiger partial charge in [-0.05, 0) is 44.5 Å². The first-order chi connectivity index (χ1) is 12.8. The molecule has 7 nitrogen and oxygen atoms in total. The van der Waals surface area contributed by atoms with Crippen molar-refractivity contribution in [2.45, 2.75) is 32.4 Å². The zero-order chi connectivity index (χ0) is 19.4. The highest BCUT2D eigenvalue weighted by atomic mass is 32.2. The molecule has 2 aromatic rings. The van der Waals surface area contributed by atoms with Crippen LogP contribution in [-0.2, 0) is 9.84 Å². The maximum atomic E-state index is 12.4. The summed E-state index contributed by atoms with van der Waals surface area (Å²) in [6, 6.07) is 10.4. The van der Waals surface area contributed by atoms with Crippen molar-refractivity contribution in [1.82, 2.24) is 10.3 Å². The minimum Gasteiger partial charge on any atom is -0.489 e. The quantitative estimate of drug-likeness (QED) is 0.788. The van der Waals surface area contributed by atoms with Crippen LogP contribution in [0.5, 0.6) is 5.75 Å². The van der Waals surface area contributed by atoms with Crippen molar-refractivity contribution in [3.05, 3.63) is 48.2 Å². The predicted octanol–water partition coefficient (Wildman–Crippen LogP) is 2.53. The molecule has 1 aliphatic heterocycles. The summed E-state index contributed by atoms with van der Waals surface area (Å²) in [5.74, 6) is 0.999. The van der Waals surface area contributed by atoms with Gasteiger partial charge in [0.15, 0.2) is 9.84 Å². The molecular formula is C19H23N3O4S. The molecule has 144 valence electrons. The van der Waals surface area contributed by atoms with Gasteiger partial charge in [-0.3, -0.25) is 4.79 Å². The fourth-order valence-corrected chi connectivity index (χ4v) is 4.56. The molecule has 2 N–H and O–H groups in total. The van der Waals surface area contributed by atoms with Crippen LogP contribution < -0.4 is 15.4 Å². The molecule has 0 aliphatic carbocycles. The molecule has 0 bridgehead atoms. The van der Waals surface area contributed by atoms with Gasteiger partial charge in [0.1, 0.15) is 11.6 Å².